The van der Waals surface area contributed by atoms with Gasteiger partial charge in [0.2, 0.25) is 0 Å². The van der Waals surface area contributed by atoms with Gasteiger partial charge in [0.15, 0.2) is 5.76 Å². The fourth-order valence-electron chi connectivity index (χ4n) is 1.99. The molecule has 0 spiro atoms. The van der Waals surface area contributed by atoms with E-state index in [0.29, 0.717) is 16.5 Å². The molecule has 2 aromatic heterocycles. The minimum absolute atomic E-state index is 0.535. The van der Waals surface area contributed by atoms with Crippen LogP contribution in [-0.4, -0.2) is 9.72 Å². The van der Waals surface area contributed by atoms with E-state index in [1.54, 1.807) is 0 Å². The molecule has 0 bridgehead atoms. The van der Waals surface area contributed by atoms with Crippen LogP contribution in [0.5, 0.6) is 0 Å². The number of nitrogen functional groups attached to an aromatic ring is 1. The summed E-state index contributed by atoms with van der Waals surface area (Å²) >= 11 is 5.98. The number of fused-ring (bicyclic) bond motifs is 1. The Morgan fingerprint density at radius 1 is 1.41 bits per heavy atom. The molecule has 5 heteroatoms. The van der Waals surface area contributed by atoms with E-state index in [9.17, 15) is 0 Å². The van der Waals surface area contributed by atoms with Crippen LogP contribution in [-0.2, 0) is 7.05 Å². The van der Waals surface area contributed by atoms with Crippen LogP contribution in [0.1, 0.15) is 0 Å². The first-order chi connectivity index (χ1) is 8.16. The average Bonchev–Trinajstić information content (AvgIpc) is 2.84. The zero-order valence-corrected chi connectivity index (χ0v) is 9.90. The molecule has 0 amide bonds. The van der Waals surface area contributed by atoms with Crippen LogP contribution in [0, 0.1) is 0 Å². The zero-order chi connectivity index (χ0) is 12.0. The van der Waals surface area contributed by atoms with E-state index in [0.717, 1.165) is 16.5 Å². The molecular formula is C12H10ClN3O. The molecule has 1 aromatic carbocycles. The van der Waals surface area contributed by atoms with Crippen LogP contribution in [0.2, 0.25) is 5.02 Å². The summed E-state index contributed by atoms with van der Waals surface area (Å²) in [5.74, 6) is 0.595. The van der Waals surface area contributed by atoms with E-state index in [2.05, 4.69) is 5.16 Å². The van der Waals surface area contributed by atoms with Crippen LogP contribution in [0.3, 0.4) is 0 Å². The number of anilines is 1. The van der Waals surface area contributed by atoms with Gasteiger partial charge < -0.3 is 14.8 Å². The van der Waals surface area contributed by atoms with Crippen molar-refractivity contribution in [2.75, 3.05) is 5.73 Å². The molecule has 0 aliphatic rings. The molecule has 0 radical (unpaired) electrons. The summed E-state index contributed by atoms with van der Waals surface area (Å²) in [6, 6.07) is 5.71. The molecule has 2 heterocycles. The maximum absolute atomic E-state index is 5.98. The summed E-state index contributed by atoms with van der Waals surface area (Å²) in [5.41, 5.74) is 8.30. The Labute approximate surface area is 103 Å². The zero-order valence-electron chi connectivity index (χ0n) is 9.14. The molecule has 0 unspecified atom stereocenters. The normalized spacial score (nSPS) is 11.2. The van der Waals surface area contributed by atoms with E-state index in [1.165, 1.54) is 6.20 Å². The lowest BCUT2D eigenvalue weighted by molar-refractivity contribution is 0.433. The van der Waals surface area contributed by atoms with Gasteiger partial charge in [-0.1, -0.05) is 22.8 Å². The second-order valence-corrected chi connectivity index (χ2v) is 4.36. The van der Waals surface area contributed by atoms with Gasteiger partial charge in [0.05, 0.1) is 6.20 Å². The Kier molecular flexibility index (Phi) is 2.12. The highest BCUT2D eigenvalue weighted by atomic mass is 35.5. The molecule has 0 saturated heterocycles. The van der Waals surface area contributed by atoms with Crippen molar-refractivity contribution >= 4 is 28.2 Å². The first kappa shape index (κ1) is 10.2. The molecule has 0 aliphatic heterocycles. The van der Waals surface area contributed by atoms with Crippen LogP contribution in [0.4, 0.5) is 5.69 Å². The molecule has 3 aromatic rings. The summed E-state index contributed by atoms with van der Waals surface area (Å²) in [5, 5.41) is 5.44. The van der Waals surface area contributed by atoms with Crippen molar-refractivity contribution < 1.29 is 4.52 Å². The Bertz CT molecular complexity index is 699. The summed E-state index contributed by atoms with van der Waals surface area (Å²) in [6.07, 6.45) is 3.46. The highest BCUT2D eigenvalue weighted by Gasteiger charge is 2.14. The fraction of sp³-hybridized carbons (Fsp3) is 0.0833. The van der Waals surface area contributed by atoms with Crippen molar-refractivity contribution in [3.63, 3.8) is 0 Å². The van der Waals surface area contributed by atoms with Gasteiger partial charge in [-0.2, -0.15) is 0 Å². The molecular weight excluding hydrogens is 238 g/mol. The van der Waals surface area contributed by atoms with Gasteiger partial charge in [-0.15, -0.1) is 0 Å². The predicted octanol–water partition coefficient (Wildman–Crippen LogP) is 3.07. The summed E-state index contributed by atoms with van der Waals surface area (Å²) in [6.45, 7) is 0. The molecule has 2 N–H and O–H groups in total. The van der Waals surface area contributed by atoms with E-state index in [4.69, 9.17) is 21.9 Å². The van der Waals surface area contributed by atoms with Gasteiger partial charge in [0, 0.05) is 34.7 Å². The SMILES string of the molecule is Cn1cc(-c2oncc2N)c2ccc(Cl)cc21. The monoisotopic (exact) mass is 247 g/mol. The number of aryl methyl sites for hydroxylation is 1. The Balaban J connectivity index is 2.35. The maximum Gasteiger partial charge on any atom is 0.191 e. The second-order valence-electron chi connectivity index (χ2n) is 3.93. The van der Waals surface area contributed by atoms with E-state index in [1.807, 2.05) is 36.0 Å². The number of benzene rings is 1. The lowest BCUT2D eigenvalue weighted by Gasteiger charge is -1.96. The number of hydrogen-bond acceptors (Lipinski definition) is 3. The standard InChI is InChI=1S/C12H10ClN3O/c1-16-6-9(12-10(14)5-15-17-12)8-3-2-7(13)4-11(8)16/h2-6H,14H2,1H3. The van der Waals surface area contributed by atoms with E-state index in [-0.39, 0.29) is 0 Å². The number of hydrogen-bond donors (Lipinski definition) is 1. The molecule has 0 atom stereocenters. The van der Waals surface area contributed by atoms with Crippen molar-refractivity contribution in [3.8, 4) is 11.3 Å². The Morgan fingerprint density at radius 2 is 2.24 bits per heavy atom. The van der Waals surface area contributed by atoms with E-state index >= 15 is 0 Å². The average molecular weight is 248 g/mol. The number of nitrogens with zero attached hydrogens (tertiary/aromatic N) is 2. The summed E-state index contributed by atoms with van der Waals surface area (Å²) in [7, 11) is 1.95. The molecule has 0 aliphatic carbocycles. The van der Waals surface area contributed by atoms with Crippen molar-refractivity contribution in [2.45, 2.75) is 0 Å². The van der Waals surface area contributed by atoms with Crippen LogP contribution in [0.25, 0.3) is 22.2 Å². The van der Waals surface area contributed by atoms with Crippen LogP contribution in [0.15, 0.2) is 35.1 Å². The Hall–Kier alpha value is -1.94. The van der Waals surface area contributed by atoms with Gasteiger partial charge in [0.1, 0.15) is 5.69 Å². The topological polar surface area (TPSA) is 57.0 Å². The number of nitrogens with two attached hydrogens (primary N) is 1. The van der Waals surface area contributed by atoms with Crippen molar-refractivity contribution in [1.29, 1.82) is 0 Å². The number of halogens is 1. The van der Waals surface area contributed by atoms with Gasteiger partial charge in [-0.3, -0.25) is 0 Å². The number of rotatable bonds is 1. The smallest absolute Gasteiger partial charge is 0.191 e. The quantitative estimate of drug-likeness (QED) is 0.719. The summed E-state index contributed by atoms with van der Waals surface area (Å²) in [4.78, 5) is 0. The van der Waals surface area contributed by atoms with Crippen LogP contribution >= 0.6 is 11.6 Å². The maximum atomic E-state index is 5.98. The molecule has 17 heavy (non-hydrogen) atoms. The first-order valence-electron chi connectivity index (χ1n) is 5.12. The lowest BCUT2D eigenvalue weighted by atomic mass is 10.1. The van der Waals surface area contributed by atoms with Crippen molar-refractivity contribution in [3.05, 3.63) is 35.6 Å². The molecule has 3 rings (SSSR count). The predicted molar refractivity (Wildman–Crippen MR) is 67.8 cm³/mol. The van der Waals surface area contributed by atoms with Crippen molar-refractivity contribution in [1.82, 2.24) is 9.72 Å². The third kappa shape index (κ3) is 1.49. The van der Waals surface area contributed by atoms with Gasteiger partial charge in [-0.25, -0.2) is 0 Å². The lowest BCUT2D eigenvalue weighted by Crippen LogP contribution is -1.84. The molecule has 0 fully saturated rings. The largest absolute Gasteiger partial charge is 0.394 e. The highest BCUT2D eigenvalue weighted by molar-refractivity contribution is 6.31. The minimum atomic E-state index is 0.535. The molecule has 0 saturated carbocycles. The van der Waals surface area contributed by atoms with Gasteiger partial charge >= 0.3 is 0 Å². The molecule has 86 valence electrons. The minimum Gasteiger partial charge on any atom is -0.394 e. The number of aromatic nitrogens is 2. The van der Waals surface area contributed by atoms with Crippen molar-refractivity contribution in [2.24, 2.45) is 7.05 Å². The third-order valence-corrected chi connectivity index (χ3v) is 3.03. The second kappa shape index (κ2) is 3.53. The first-order valence-corrected chi connectivity index (χ1v) is 5.49. The summed E-state index contributed by atoms with van der Waals surface area (Å²) < 4.78 is 7.17. The van der Waals surface area contributed by atoms with Crippen LogP contribution < -0.4 is 5.73 Å². The molecule has 4 nitrogen and oxygen atoms in total. The fourth-order valence-corrected chi connectivity index (χ4v) is 2.16. The van der Waals surface area contributed by atoms with Gasteiger partial charge in [-0.05, 0) is 12.1 Å². The Morgan fingerprint density at radius 3 is 2.94 bits per heavy atom. The highest BCUT2D eigenvalue weighted by Crippen LogP contribution is 2.34. The third-order valence-electron chi connectivity index (χ3n) is 2.80. The van der Waals surface area contributed by atoms with E-state index < -0.39 is 0 Å². The van der Waals surface area contributed by atoms with Gasteiger partial charge in [0.25, 0.3) is 0 Å².